The summed E-state index contributed by atoms with van der Waals surface area (Å²) in [5.41, 5.74) is 25.0. The fourth-order valence-electron chi connectivity index (χ4n) is 2.41. The summed E-state index contributed by atoms with van der Waals surface area (Å²) in [5, 5.41) is 0. The summed E-state index contributed by atoms with van der Waals surface area (Å²) in [6, 6.07) is 18.9. The molecule has 1 heterocycles. The van der Waals surface area contributed by atoms with Crippen LogP contribution in [0.15, 0.2) is 70.1 Å². The number of aliphatic imine (C=N–C) groups is 1. The van der Waals surface area contributed by atoms with Crippen LogP contribution in [0, 0.1) is 0 Å². The molecular weight excluding hydrogens is 316 g/mol. The zero-order chi connectivity index (χ0) is 17.8. The Morgan fingerprint density at radius 2 is 1.48 bits per heavy atom. The summed E-state index contributed by atoms with van der Waals surface area (Å²) in [4.78, 5) is 6.89. The number of nitrogens with two attached hydrogens (primary N) is 4. The zero-order valence-corrected chi connectivity index (χ0v) is 13.4. The van der Waals surface area contributed by atoms with Crippen LogP contribution in [0.25, 0.3) is 22.6 Å². The Morgan fingerprint density at radius 3 is 2.12 bits per heavy atom. The van der Waals surface area contributed by atoms with Gasteiger partial charge in [-0.1, -0.05) is 12.1 Å². The van der Waals surface area contributed by atoms with Crippen LogP contribution in [0.1, 0.15) is 0 Å². The van der Waals surface area contributed by atoms with Crippen LogP contribution in [-0.2, 0) is 0 Å². The Morgan fingerprint density at radius 1 is 0.800 bits per heavy atom. The molecule has 3 aromatic rings. The van der Waals surface area contributed by atoms with Gasteiger partial charge in [-0.05, 0) is 48.5 Å². The molecule has 1 aromatic heterocycles. The molecule has 7 heteroatoms. The average molecular weight is 335 g/mol. The molecule has 3 rings (SSSR count). The van der Waals surface area contributed by atoms with Crippen molar-refractivity contribution in [3.8, 4) is 22.6 Å². The van der Waals surface area contributed by atoms with E-state index in [2.05, 4.69) is 9.98 Å². The topological polar surface area (TPSA) is 144 Å². The zero-order valence-electron chi connectivity index (χ0n) is 13.4. The molecule has 0 saturated heterocycles. The van der Waals surface area contributed by atoms with Gasteiger partial charge in [-0.2, -0.15) is 0 Å². The summed E-state index contributed by atoms with van der Waals surface area (Å²) >= 11 is 0. The van der Waals surface area contributed by atoms with Crippen LogP contribution < -0.4 is 27.9 Å². The maximum absolute atomic E-state index is 5.95. The molecule has 126 valence electrons. The predicted molar refractivity (Wildman–Crippen MR) is 99.1 cm³/mol. The van der Waals surface area contributed by atoms with E-state index in [1.54, 1.807) is 0 Å². The maximum atomic E-state index is 5.95. The minimum absolute atomic E-state index is 0.0151. The molecule has 0 spiro atoms. The molecule has 0 saturated carbocycles. The number of nitrogens with zero attached hydrogens (tertiary/aromatic N) is 1. The van der Waals surface area contributed by atoms with E-state index in [1.165, 1.54) is 0 Å². The number of hydrogen-bond acceptors (Lipinski definition) is 2. The van der Waals surface area contributed by atoms with Crippen molar-refractivity contribution in [2.75, 3.05) is 0 Å². The number of rotatable bonds is 4. The highest BCUT2D eigenvalue weighted by Gasteiger charge is 2.08. The summed E-state index contributed by atoms with van der Waals surface area (Å²) in [6.07, 6.45) is 0. The van der Waals surface area contributed by atoms with Crippen molar-refractivity contribution in [3.63, 3.8) is 0 Å². The van der Waals surface area contributed by atoms with Gasteiger partial charge in [0.1, 0.15) is 11.5 Å². The van der Waals surface area contributed by atoms with Gasteiger partial charge in [-0.15, -0.1) is 0 Å². The monoisotopic (exact) mass is 335 g/mol. The van der Waals surface area contributed by atoms with Crippen molar-refractivity contribution >= 4 is 23.3 Å². The second-order valence-electron chi connectivity index (χ2n) is 5.41. The smallest absolute Gasteiger partial charge is 0.343 e. The number of nitrogens with one attached hydrogen (secondary N) is 1. The van der Waals surface area contributed by atoms with E-state index in [0.29, 0.717) is 5.69 Å². The first-order valence-electron chi connectivity index (χ1n) is 7.56. The van der Waals surface area contributed by atoms with E-state index in [9.17, 15) is 0 Å². The average Bonchev–Trinajstić information content (AvgIpc) is 3.05. The molecule has 9 N–H and O–H groups in total. The SMILES string of the molecule is NC(N)=Nc1cccc(-c2ccc(-c3ccc([NH+]=C(N)N)cc3)o2)c1. The van der Waals surface area contributed by atoms with Gasteiger partial charge < -0.3 is 15.9 Å². The second-order valence-corrected chi connectivity index (χ2v) is 5.41. The van der Waals surface area contributed by atoms with E-state index in [1.807, 2.05) is 60.7 Å². The third-order valence-electron chi connectivity index (χ3n) is 3.45. The summed E-state index contributed by atoms with van der Waals surface area (Å²) in [7, 11) is 0. The third-order valence-corrected chi connectivity index (χ3v) is 3.45. The molecular formula is C18H19N6O+. The van der Waals surface area contributed by atoms with Gasteiger partial charge in [-0.3, -0.25) is 11.5 Å². The normalized spacial score (nSPS) is 10.2. The van der Waals surface area contributed by atoms with Crippen LogP contribution in [0.2, 0.25) is 0 Å². The van der Waals surface area contributed by atoms with Crippen LogP contribution in [-0.4, -0.2) is 11.9 Å². The molecule has 7 nitrogen and oxygen atoms in total. The fraction of sp³-hybridized carbons (Fsp3) is 0. The Kier molecular flexibility index (Phi) is 4.38. The van der Waals surface area contributed by atoms with Gasteiger partial charge in [0.15, 0.2) is 5.96 Å². The lowest BCUT2D eigenvalue weighted by molar-refractivity contribution is -0.356. The van der Waals surface area contributed by atoms with E-state index < -0.39 is 0 Å². The molecule has 0 radical (unpaired) electrons. The molecule has 2 aromatic carbocycles. The van der Waals surface area contributed by atoms with E-state index in [4.69, 9.17) is 27.4 Å². The largest absolute Gasteiger partial charge is 0.456 e. The van der Waals surface area contributed by atoms with Crippen molar-refractivity contribution in [2.24, 2.45) is 27.9 Å². The Hall–Kier alpha value is -3.74. The minimum atomic E-state index is 0.0151. The van der Waals surface area contributed by atoms with Gasteiger partial charge in [0, 0.05) is 11.1 Å². The predicted octanol–water partition coefficient (Wildman–Crippen LogP) is 0.504. The number of furan rings is 1. The van der Waals surface area contributed by atoms with Gasteiger partial charge in [-0.25, -0.2) is 9.98 Å². The lowest BCUT2D eigenvalue weighted by atomic mass is 10.1. The molecule has 0 fully saturated rings. The standard InChI is InChI=1S/C18H18N6O/c19-17(20)23-13-6-4-11(5-7-13)15-8-9-16(25-15)12-2-1-3-14(10-12)24-18(21)22/h1-10H,(H4,19,20,23)(H4,21,22,24)/p+1. The van der Waals surface area contributed by atoms with Crippen molar-refractivity contribution in [2.45, 2.75) is 0 Å². The van der Waals surface area contributed by atoms with Crippen molar-refractivity contribution in [1.29, 1.82) is 0 Å². The van der Waals surface area contributed by atoms with E-state index in [0.717, 1.165) is 28.3 Å². The van der Waals surface area contributed by atoms with Crippen LogP contribution in [0.5, 0.6) is 0 Å². The molecule has 25 heavy (non-hydrogen) atoms. The summed E-state index contributed by atoms with van der Waals surface area (Å²) in [6.45, 7) is 0. The highest BCUT2D eigenvalue weighted by Crippen LogP contribution is 2.30. The van der Waals surface area contributed by atoms with Crippen LogP contribution in [0.4, 0.5) is 11.4 Å². The van der Waals surface area contributed by atoms with Gasteiger partial charge in [0.2, 0.25) is 0 Å². The Bertz CT molecular complexity index is 932. The van der Waals surface area contributed by atoms with E-state index in [-0.39, 0.29) is 11.9 Å². The highest BCUT2D eigenvalue weighted by atomic mass is 16.3. The molecule has 0 aliphatic carbocycles. The van der Waals surface area contributed by atoms with Crippen molar-refractivity contribution < 1.29 is 9.41 Å². The summed E-state index contributed by atoms with van der Waals surface area (Å²) in [5.74, 6) is 1.64. The highest BCUT2D eigenvalue weighted by molar-refractivity contribution is 5.80. The third kappa shape index (κ3) is 3.97. The number of guanidine groups is 2. The number of hydrogen-bond donors (Lipinski definition) is 5. The maximum Gasteiger partial charge on any atom is 0.343 e. The van der Waals surface area contributed by atoms with Crippen molar-refractivity contribution in [3.05, 3.63) is 60.7 Å². The van der Waals surface area contributed by atoms with Crippen molar-refractivity contribution in [1.82, 2.24) is 0 Å². The molecule has 0 unspecified atom stereocenters. The second kappa shape index (κ2) is 6.79. The van der Waals surface area contributed by atoms with E-state index >= 15 is 0 Å². The molecule has 0 aliphatic heterocycles. The molecule has 0 bridgehead atoms. The van der Waals surface area contributed by atoms with Gasteiger partial charge in [0.25, 0.3) is 0 Å². The first kappa shape index (κ1) is 16.1. The minimum Gasteiger partial charge on any atom is -0.456 e. The number of benzene rings is 2. The van der Waals surface area contributed by atoms with Gasteiger partial charge >= 0.3 is 5.96 Å². The molecule has 0 aliphatic rings. The molecule has 0 amide bonds. The lowest BCUT2D eigenvalue weighted by Gasteiger charge is -2.01. The first-order valence-corrected chi connectivity index (χ1v) is 7.56. The van der Waals surface area contributed by atoms with Crippen LogP contribution in [0.3, 0.4) is 0 Å². The quantitative estimate of drug-likeness (QED) is 0.348. The molecule has 0 atom stereocenters. The Labute approximate surface area is 144 Å². The van der Waals surface area contributed by atoms with Crippen LogP contribution >= 0.6 is 0 Å². The lowest BCUT2D eigenvalue weighted by Crippen LogP contribution is -2.72. The summed E-state index contributed by atoms with van der Waals surface area (Å²) < 4.78 is 5.95. The Balaban J connectivity index is 1.88. The first-order chi connectivity index (χ1) is 12.0. The van der Waals surface area contributed by atoms with Gasteiger partial charge in [0.05, 0.1) is 11.4 Å². The fourth-order valence-corrected chi connectivity index (χ4v) is 2.41.